The number of aryl methyl sites for hydroxylation is 2. The van der Waals surface area contributed by atoms with Crippen LogP contribution in [0.3, 0.4) is 0 Å². The molecule has 1 aliphatic rings. The van der Waals surface area contributed by atoms with Gasteiger partial charge in [-0.05, 0) is 66.0 Å². The number of amides is 1. The Morgan fingerprint density at radius 2 is 2.00 bits per heavy atom. The van der Waals surface area contributed by atoms with Crippen LogP contribution < -0.4 is 10.2 Å². The highest BCUT2D eigenvalue weighted by Crippen LogP contribution is 2.39. The number of benzene rings is 1. The third-order valence-corrected chi connectivity index (χ3v) is 6.51. The minimum atomic E-state index is -0.594. The van der Waals surface area contributed by atoms with Crippen molar-refractivity contribution in [3.63, 3.8) is 0 Å². The molecule has 1 fully saturated rings. The maximum absolute atomic E-state index is 13.3. The van der Waals surface area contributed by atoms with E-state index in [0.717, 1.165) is 27.8 Å². The van der Waals surface area contributed by atoms with E-state index in [-0.39, 0.29) is 6.61 Å². The quantitative estimate of drug-likeness (QED) is 0.443. The number of pyridine rings is 1. The maximum atomic E-state index is 13.3. The van der Waals surface area contributed by atoms with E-state index in [1.807, 2.05) is 59.7 Å². The first-order valence-electron chi connectivity index (χ1n) is 12.9. The molecule has 0 unspecified atom stereocenters. The Morgan fingerprint density at radius 1 is 1.24 bits per heavy atom. The lowest BCUT2D eigenvalue weighted by Crippen LogP contribution is -2.49. The number of fused-ring (bicyclic) bond motifs is 1. The molecule has 0 spiro atoms. The SMILES string of the molecule is CCOC(=O)c1c(CC)ncc(-c2nc3c(C)cccc3[nH]2)c1N1CC[C@](C)(NC(=O)OC(C)(C)C)C1. The van der Waals surface area contributed by atoms with Gasteiger partial charge in [0.15, 0.2) is 0 Å². The van der Waals surface area contributed by atoms with Crippen LogP contribution in [0.2, 0.25) is 0 Å². The molecule has 1 aliphatic heterocycles. The van der Waals surface area contributed by atoms with Gasteiger partial charge in [0, 0.05) is 19.3 Å². The van der Waals surface area contributed by atoms with Gasteiger partial charge in [0.25, 0.3) is 0 Å². The number of aromatic amines is 1. The highest BCUT2D eigenvalue weighted by atomic mass is 16.6. The maximum Gasteiger partial charge on any atom is 0.408 e. The van der Waals surface area contributed by atoms with Gasteiger partial charge < -0.3 is 24.7 Å². The molecular formula is C28H37N5O4. The molecule has 0 bridgehead atoms. The normalized spacial score (nSPS) is 17.8. The smallest absolute Gasteiger partial charge is 0.408 e. The standard InChI is InChI=1S/C28H37N5O4/c1-8-19-21(25(34)36-9-2)23(33-14-13-28(7,16-33)32-26(35)37-27(4,5)6)18(15-29-19)24-30-20-12-10-11-17(3)22(20)31-24/h10-12,15H,8-9,13-14,16H2,1-7H3,(H,30,31)(H,32,35)/t28-/m0/s1. The Bertz CT molecular complexity index is 1330. The summed E-state index contributed by atoms with van der Waals surface area (Å²) in [4.78, 5) is 41.0. The Morgan fingerprint density at radius 3 is 2.65 bits per heavy atom. The van der Waals surface area contributed by atoms with Crippen LogP contribution in [-0.4, -0.2) is 57.9 Å². The number of H-pyrrole nitrogens is 1. The number of aromatic nitrogens is 3. The summed E-state index contributed by atoms with van der Waals surface area (Å²) in [7, 11) is 0. The summed E-state index contributed by atoms with van der Waals surface area (Å²) in [6, 6.07) is 5.98. The van der Waals surface area contributed by atoms with E-state index in [1.165, 1.54) is 0 Å². The molecule has 9 heteroatoms. The Hall–Kier alpha value is -3.62. The molecule has 1 atom stereocenters. The second-order valence-electron chi connectivity index (χ2n) is 10.8. The third kappa shape index (κ3) is 5.55. The highest BCUT2D eigenvalue weighted by molar-refractivity contribution is 6.01. The van der Waals surface area contributed by atoms with E-state index < -0.39 is 23.2 Å². The minimum Gasteiger partial charge on any atom is -0.462 e. The van der Waals surface area contributed by atoms with Crippen LogP contribution in [0.5, 0.6) is 0 Å². The zero-order chi connectivity index (χ0) is 27.0. The van der Waals surface area contributed by atoms with Crippen molar-refractivity contribution in [2.75, 3.05) is 24.6 Å². The topological polar surface area (TPSA) is 109 Å². The summed E-state index contributed by atoms with van der Waals surface area (Å²) < 4.78 is 11.0. The van der Waals surface area contributed by atoms with Crippen molar-refractivity contribution in [1.29, 1.82) is 0 Å². The summed E-state index contributed by atoms with van der Waals surface area (Å²) in [6.45, 7) is 14.7. The van der Waals surface area contributed by atoms with Crippen molar-refractivity contribution in [2.24, 2.45) is 0 Å². The number of nitrogens with one attached hydrogen (secondary N) is 2. The molecule has 37 heavy (non-hydrogen) atoms. The number of esters is 1. The van der Waals surface area contributed by atoms with Crippen molar-refractivity contribution in [3.05, 3.63) is 41.2 Å². The fourth-order valence-electron chi connectivity index (χ4n) is 4.83. The Labute approximate surface area is 218 Å². The number of rotatable bonds is 6. The summed E-state index contributed by atoms with van der Waals surface area (Å²) in [5, 5.41) is 3.04. The van der Waals surface area contributed by atoms with E-state index in [0.29, 0.717) is 43.0 Å². The summed E-state index contributed by atoms with van der Waals surface area (Å²) >= 11 is 0. The monoisotopic (exact) mass is 507 g/mol. The summed E-state index contributed by atoms with van der Waals surface area (Å²) in [6.07, 6.45) is 2.57. The number of carbonyl (C=O) groups is 2. The van der Waals surface area contributed by atoms with Crippen LogP contribution in [0.25, 0.3) is 22.4 Å². The third-order valence-electron chi connectivity index (χ3n) is 6.51. The molecule has 4 rings (SSSR count). The first kappa shape index (κ1) is 26.4. The number of alkyl carbamates (subject to hydrolysis) is 1. The van der Waals surface area contributed by atoms with Gasteiger partial charge in [-0.25, -0.2) is 14.6 Å². The van der Waals surface area contributed by atoms with Crippen molar-refractivity contribution >= 4 is 28.8 Å². The van der Waals surface area contributed by atoms with Gasteiger partial charge in [-0.3, -0.25) is 4.98 Å². The van der Waals surface area contributed by atoms with Gasteiger partial charge in [0.1, 0.15) is 17.0 Å². The van der Waals surface area contributed by atoms with Crippen LogP contribution in [0.15, 0.2) is 24.4 Å². The van der Waals surface area contributed by atoms with Crippen LogP contribution in [0.1, 0.15) is 69.6 Å². The zero-order valence-electron chi connectivity index (χ0n) is 22.8. The largest absolute Gasteiger partial charge is 0.462 e. The van der Waals surface area contributed by atoms with Gasteiger partial charge in [-0.1, -0.05) is 19.1 Å². The number of ether oxygens (including phenoxy) is 2. The van der Waals surface area contributed by atoms with Crippen LogP contribution in [0, 0.1) is 6.92 Å². The molecule has 0 aliphatic carbocycles. The number of carbonyl (C=O) groups excluding carboxylic acids is 2. The fraction of sp³-hybridized carbons (Fsp3) is 0.500. The van der Waals surface area contributed by atoms with Gasteiger partial charge in [-0.15, -0.1) is 0 Å². The van der Waals surface area contributed by atoms with Crippen molar-refractivity contribution in [2.45, 2.75) is 72.4 Å². The lowest BCUT2D eigenvalue weighted by Gasteiger charge is -2.30. The first-order chi connectivity index (χ1) is 17.4. The molecule has 1 saturated heterocycles. The lowest BCUT2D eigenvalue weighted by molar-refractivity contribution is 0.0470. The molecule has 0 radical (unpaired) electrons. The van der Waals surface area contributed by atoms with Crippen LogP contribution >= 0.6 is 0 Å². The molecule has 2 N–H and O–H groups in total. The van der Waals surface area contributed by atoms with Gasteiger partial charge >= 0.3 is 12.1 Å². The number of imidazole rings is 1. The van der Waals surface area contributed by atoms with E-state index >= 15 is 0 Å². The molecule has 1 amide bonds. The minimum absolute atomic E-state index is 0.257. The number of hydrogen-bond donors (Lipinski definition) is 2. The van der Waals surface area contributed by atoms with E-state index in [2.05, 4.69) is 20.2 Å². The predicted molar refractivity (Wildman–Crippen MR) is 144 cm³/mol. The van der Waals surface area contributed by atoms with E-state index in [1.54, 1.807) is 13.1 Å². The molecule has 3 aromatic rings. The molecular weight excluding hydrogens is 470 g/mol. The van der Waals surface area contributed by atoms with Crippen molar-refractivity contribution in [1.82, 2.24) is 20.3 Å². The van der Waals surface area contributed by atoms with Gasteiger partial charge in [0.05, 0.1) is 40.1 Å². The Kier molecular flexibility index (Phi) is 7.17. The van der Waals surface area contributed by atoms with Crippen molar-refractivity contribution in [3.8, 4) is 11.4 Å². The molecule has 9 nitrogen and oxygen atoms in total. The zero-order valence-corrected chi connectivity index (χ0v) is 22.8. The summed E-state index contributed by atoms with van der Waals surface area (Å²) in [5.74, 6) is 0.221. The molecule has 1 aromatic carbocycles. The second-order valence-corrected chi connectivity index (χ2v) is 10.8. The average Bonchev–Trinajstić information content (AvgIpc) is 3.41. The van der Waals surface area contributed by atoms with E-state index in [4.69, 9.17) is 14.5 Å². The van der Waals surface area contributed by atoms with Gasteiger partial charge in [-0.2, -0.15) is 0 Å². The highest BCUT2D eigenvalue weighted by Gasteiger charge is 2.39. The predicted octanol–water partition coefficient (Wildman–Crippen LogP) is 5.17. The van der Waals surface area contributed by atoms with Crippen LogP contribution in [-0.2, 0) is 15.9 Å². The molecule has 3 heterocycles. The first-order valence-corrected chi connectivity index (χ1v) is 12.9. The van der Waals surface area contributed by atoms with E-state index in [9.17, 15) is 9.59 Å². The molecule has 0 saturated carbocycles. The molecule has 198 valence electrons. The van der Waals surface area contributed by atoms with Gasteiger partial charge in [0.2, 0.25) is 0 Å². The van der Waals surface area contributed by atoms with Crippen LogP contribution in [0.4, 0.5) is 10.5 Å². The lowest BCUT2D eigenvalue weighted by atomic mass is 10.0. The second kappa shape index (κ2) is 10.0. The molecule has 2 aromatic heterocycles. The Balaban J connectivity index is 1.80. The number of anilines is 1. The van der Waals surface area contributed by atoms with Crippen molar-refractivity contribution < 1.29 is 19.1 Å². The number of para-hydroxylation sites is 1. The average molecular weight is 508 g/mol. The fourth-order valence-corrected chi connectivity index (χ4v) is 4.83. The summed E-state index contributed by atoms with van der Waals surface area (Å²) in [5.41, 5.74) is 4.25. The number of nitrogens with zero attached hydrogens (tertiary/aromatic N) is 3. The number of hydrogen-bond acceptors (Lipinski definition) is 7.